The summed E-state index contributed by atoms with van der Waals surface area (Å²) in [6, 6.07) is 23.2. The Morgan fingerprint density at radius 3 is 1.75 bits per heavy atom. The van der Waals surface area contributed by atoms with Gasteiger partial charge in [-0.1, -0.05) is 18.2 Å². The highest BCUT2D eigenvalue weighted by molar-refractivity contribution is 5.83. The minimum Gasteiger partial charge on any atom is -0.508 e. The average molecular weight is 428 g/mol. The Bertz CT molecular complexity index is 1210. The average Bonchev–Trinajstić information content (AvgIpc) is 2.77. The number of ether oxygens (including phenoxy) is 1. The monoisotopic (exact) mass is 427 g/mol. The zero-order valence-electron chi connectivity index (χ0n) is 18.2. The summed E-state index contributed by atoms with van der Waals surface area (Å²) in [4.78, 5) is 1.81. The molecule has 0 amide bonds. The molecular formula is C27H25NO4. The summed E-state index contributed by atoms with van der Waals surface area (Å²) in [5, 5.41) is 31.2. The summed E-state index contributed by atoms with van der Waals surface area (Å²) in [6.45, 7) is 5.69. The van der Waals surface area contributed by atoms with E-state index in [-0.39, 0.29) is 17.2 Å². The van der Waals surface area contributed by atoms with Crippen molar-refractivity contribution in [1.29, 1.82) is 0 Å². The highest BCUT2D eigenvalue weighted by Crippen LogP contribution is 2.44. The molecule has 0 unspecified atom stereocenters. The number of nitrogens with zero attached hydrogens (tertiary/aromatic N) is 1. The van der Waals surface area contributed by atoms with Crippen LogP contribution >= 0.6 is 0 Å². The van der Waals surface area contributed by atoms with Crippen molar-refractivity contribution in [2.75, 3.05) is 4.90 Å². The number of aryl methyl sites for hydroxylation is 2. The molecule has 0 saturated carbocycles. The van der Waals surface area contributed by atoms with Crippen molar-refractivity contribution in [3.8, 4) is 28.7 Å². The predicted octanol–water partition coefficient (Wildman–Crippen LogP) is 6.99. The number of phenols is 3. The van der Waals surface area contributed by atoms with Gasteiger partial charge in [0.05, 0.1) is 11.4 Å². The number of phenolic OH excluding ortho intramolecular Hbond substituents is 3. The van der Waals surface area contributed by atoms with Crippen LogP contribution < -0.4 is 9.64 Å². The molecule has 4 aromatic carbocycles. The number of hydrogen-bond acceptors (Lipinski definition) is 5. The fourth-order valence-electron chi connectivity index (χ4n) is 3.54. The highest BCUT2D eigenvalue weighted by Gasteiger charge is 2.19. The van der Waals surface area contributed by atoms with E-state index in [4.69, 9.17) is 4.74 Å². The molecule has 32 heavy (non-hydrogen) atoms. The van der Waals surface area contributed by atoms with E-state index in [1.54, 1.807) is 37.3 Å². The van der Waals surface area contributed by atoms with Crippen molar-refractivity contribution >= 4 is 17.1 Å². The number of rotatable bonds is 5. The maximum Gasteiger partial charge on any atom is 0.139 e. The van der Waals surface area contributed by atoms with Gasteiger partial charge in [-0.15, -0.1) is 0 Å². The van der Waals surface area contributed by atoms with Crippen LogP contribution in [0.1, 0.15) is 16.7 Å². The van der Waals surface area contributed by atoms with Gasteiger partial charge in [0.2, 0.25) is 0 Å². The molecule has 0 saturated heterocycles. The smallest absolute Gasteiger partial charge is 0.139 e. The Kier molecular flexibility index (Phi) is 5.65. The molecule has 0 aromatic heterocycles. The van der Waals surface area contributed by atoms with Gasteiger partial charge >= 0.3 is 0 Å². The molecule has 0 spiro atoms. The second-order valence-corrected chi connectivity index (χ2v) is 7.82. The van der Waals surface area contributed by atoms with E-state index >= 15 is 0 Å². The van der Waals surface area contributed by atoms with Crippen LogP contribution in [0.2, 0.25) is 0 Å². The van der Waals surface area contributed by atoms with Crippen LogP contribution in [0, 0.1) is 20.8 Å². The molecule has 0 bridgehead atoms. The topological polar surface area (TPSA) is 73.2 Å². The molecule has 4 rings (SSSR count). The van der Waals surface area contributed by atoms with Gasteiger partial charge in [-0.25, -0.2) is 0 Å². The van der Waals surface area contributed by atoms with E-state index in [1.807, 2.05) is 67.3 Å². The van der Waals surface area contributed by atoms with Gasteiger partial charge in [0.25, 0.3) is 0 Å². The number of benzene rings is 4. The second kappa shape index (κ2) is 8.55. The molecule has 0 heterocycles. The first-order valence-electron chi connectivity index (χ1n) is 10.3. The highest BCUT2D eigenvalue weighted by atomic mass is 16.5. The SMILES string of the molecule is Cc1ccc(O)c(N(c2ccc(Oc3cccc(O)c3C)cc2)c2cc(C)ccc2O)c1. The van der Waals surface area contributed by atoms with Crippen LogP contribution in [0.15, 0.2) is 78.9 Å². The molecule has 0 atom stereocenters. The number of hydrogen-bond donors (Lipinski definition) is 3. The van der Waals surface area contributed by atoms with Gasteiger partial charge in [0, 0.05) is 11.3 Å². The van der Waals surface area contributed by atoms with E-state index in [1.165, 1.54) is 0 Å². The molecule has 5 nitrogen and oxygen atoms in total. The zero-order valence-corrected chi connectivity index (χ0v) is 18.2. The molecule has 0 aliphatic carbocycles. The van der Waals surface area contributed by atoms with Crippen molar-refractivity contribution < 1.29 is 20.1 Å². The molecule has 0 aliphatic heterocycles. The predicted molar refractivity (Wildman–Crippen MR) is 127 cm³/mol. The van der Waals surface area contributed by atoms with Crippen LogP contribution in [0.5, 0.6) is 28.7 Å². The lowest BCUT2D eigenvalue weighted by Crippen LogP contribution is -2.11. The minimum absolute atomic E-state index is 0.104. The third kappa shape index (κ3) is 4.18. The molecule has 5 heteroatoms. The normalized spacial score (nSPS) is 10.7. The van der Waals surface area contributed by atoms with Crippen LogP contribution in [0.3, 0.4) is 0 Å². The molecule has 162 valence electrons. The van der Waals surface area contributed by atoms with Gasteiger partial charge in [-0.05, 0) is 92.6 Å². The number of anilines is 3. The van der Waals surface area contributed by atoms with Crippen molar-refractivity contribution in [3.05, 3.63) is 95.6 Å². The number of aromatic hydroxyl groups is 3. The largest absolute Gasteiger partial charge is 0.508 e. The molecule has 0 fully saturated rings. The van der Waals surface area contributed by atoms with Crippen molar-refractivity contribution in [2.45, 2.75) is 20.8 Å². The fourth-order valence-corrected chi connectivity index (χ4v) is 3.54. The Morgan fingerprint density at radius 1 is 0.625 bits per heavy atom. The summed E-state index contributed by atoms with van der Waals surface area (Å²) in [6.07, 6.45) is 0. The maximum absolute atomic E-state index is 10.6. The summed E-state index contributed by atoms with van der Waals surface area (Å²) < 4.78 is 5.94. The Hall–Kier alpha value is -4.12. The molecule has 0 aliphatic rings. The Labute approximate surface area is 187 Å². The lowest BCUT2D eigenvalue weighted by molar-refractivity contribution is 0.448. The van der Waals surface area contributed by atoms with E-state index in [2.05, 4.69) is 0 Å². The van der Waals surface area contributed by atoms with Gasteiger partial charge < -0.3 is 25.0 Å². The third-order valence-electron chi connectivity index (χ3n) is 5.32. The van der Waals surface area contributed by atoms with Crippen LogP contribution in [-0.4, -0.2) is 15.3 Å². The molecule has 0 radical (unpaired) electrons. The third-order valence-corrected chi connectivity index (χ3v) is 5.32. The van der Waals surface area contributed by atoms with E-state index < -0.39 is 0 Å². The van der Waals surface area contributed by atoms with Crippen LogP contribution in [0.4, 0.5) is 17.1 Å². The lowest BCUT2D eigenvalue weighted by atomic mass is 10.1. The zero-order chi connectivity index (χ0) is 22.8. The van der Waals surface area contributed by atoms with E-state index in [0.29, 0.717) is 28.4 Å². The fraction of sp³-hybridized carbons (Fsp3) is 0.111. The summed E-state index contributed by atoms with van der Waals surface area (Å²) in [5.41, 5.74) is 4.48. The second-order valence-electron chi connectivity index (χ2n) is 7.82. The summed E-state index contributed by atoms with van der Waals surface area (Å²) in [7, 11) is 0. The Balaban J connectivity index is 1.77. The van der Waals surface area contributed by atoms with Gasteiger partial charge in [-0.3, -0.25) is 0 Å². The van der Waals surface area contributed by atoms with E-state index in [9.17, 15) is 15.3 Å². The van der Waals surface area contributed by atoms with Gasteiger partial charge in [0.15, 0.2) is 0 Å². The Morgan fingerprint density at radius 2 is 1.19 bits per heavy atom. The molecule has 3 N–H and O–H groups in total. The first-order chi connectivity index (χ1) is 15.3. The first kappa shape index (κ1) is 21.1. The quantitative estimate of drug-likeness (QED) is 0.320. The molecule has 4 aromatic rings. The lowest BCUT2D eigenvalue weighted by Gasteiger charge is -2.27. The maximum atomic E-state index is 10.6. The van der Waals surface area contributed by atoms with Gasteiger partial charge in [-0.2, -0.15) is 0 Å². The molecular weight excluding hydrogens is 402 g/mol. The summed E-state index contributed by atoms with van der Waals surface area (Å²) >= 11 is 0. The van der Waals surface area contributed by atoms with Crippen LogP contribution in [-0.2, 0) is 0 Å². The first-order valence-corrected chi connectivity index (χ1v) is 10.3. The standard InChI is InChI=1S/C27H25NO4/c1-17-7-13-25(30)22(15-17)28(23-16-18(2)8-14-26(23)31)20-9-11-21(12-10-20)32-27-6-4-5-24(29)19(27)3/h4-16,29-31H,1-3H3. The minimum atomic E-state index is 0.104. The van der Waals surface area contributed by atoms with Crippen molar-refractivity contribution in [1.82, 2.24) is 0 Å². The van der Waals surface area contributed by atoms with E-state index in [0.717, 1.165) is 16.8 Å². The van der Waals surface area contributed by atoms with Crippen molar-refractivity contribution in [2.24, 2.45) is 0 Å². The summed E-state index contributed by atoms with van der Waals surface area (Å²) in [5.74, 6) is 1.56. The van der Waals surface area contributed by atoms with Gasteiger partial charge in [0.1, 0.15) is 28.7 Å². The van der Waals surface area contributed by atoms with Crippen molar-refractivity contribution in [3.63, 3.8) is 0 Å². The van der Waals surface area contributed by atoms with Crippen LogP contribution in [0.25, 0.3) is 0 Å².